The molecule has 0 atom stereocenters. The third-order valence-electron chi connectivity index (χ3n) is 5.67. The Labute approximate surface area is 202 Å². The highest BCUT2D eigenvalue weighted by molar-refractivity contribution is 7.90. The van der Waals surface area contributed by atoms with E-state index in [0.29, 0.717) is 16.8 Å². The molecule has 0 unspecified atom stereocenters. The van der Waals surface area contributed by atoms with Gasteiger partial charge in [0.25, 0.3) is 0 Å². The summed E-state index contributed by atoms with van der Waals surface area (Å²) in [6.07, 6.45) is 3.10. The van der Waals surface area contributed by atoms with Crippen molar-refractivity contribution in [3.05, 3.63) is 48.0 Å². The second-order valence-electron chi connectivity index (χ2n) is 7.96. The van der Waals surface area contributed by atoms with Crippen LogP contribution in [-0.2, 0) is 10.2 Å². The van der Waals surface area contributed by atoms with Gasteiger partial charge in [-0.05, 0) is 56.3 Å². The van der Waals surface area contributed by atoms with Crippen LogP contribution in [0, 0.1) is 17.1 Å². The van der Waals surface area contributed by atoms with Gasteiger partial charge in [-0.2, -0.15) is 18.0 Å². The number of benzene rings is 2. The van der Waals surface area contributed by atoms with Gasteiger partial charge in [0.1, 0.15) is 29.8 Å². The van der Waals surface area contributed by atoms with Crippen molar-refractivity contribution in [1.29, 1.82) is 5.26 Å². The summed E-state index contributed by atoms with van der Waals surface area (Å²) in [5.74, 6) is -0.617. The average molecular weight is 501 g/mol. The zero-order chi connectivity index (χ0) is 25.0. The molecule has 35 heavy (non-hydrogen) atoms. The zero-order valence-electron chi connectivity index (χ0n) is 19.3. The Bertz CT molecular complexity index is 1370. The Morgan fingerprint density at radius 3 is 2.74 bits per heavy atom. The quantitative estimate of drug-likeness (QED) is 0.483. The molecule has 3 aromatic rings. The minimum absolute atomic E-state index is 0.00696. The van der Waals surface area contributed by atoms with E-state index in [9.17, 15) is 18.1 Å². The zero-order valence-corrected chi connectivity index (χ0v) is 20.1. The van der Waals surface area contributed by atoms with E-state index in [2.05, 4.69) is 20.0 Å². The molecular weight excluding hydrogens is 475 g/mol. The number of anilines is 1. The molecule has 1 aliphatic rings. The number of nitriles is 1. The summed E-state index contributed by atoms with van der Waals surface area (Å²) in [6.45, 7) is 3.58. The fraction of sp³-hybridized carbons (Fsp3) is 0.348. The lowest BCUT2D eigenvalue weighted by Gasteiger charge is -2.23. The first-order valence-corrected chi connectivity index (χ1v) is 12.5. The van der Waals surface area contributed by atoms with Gasteiger partial charge in [-0.15, -0.1) is 0 Å². The Morgan fingerprint density at radius 2 is 2.03 bits per heavy atom. The van der Waals surface area contributed by atoms with E-state index in [1.54, 1.807) is 25.1 Å². The molecule has 1 saturated heterocycles. The Morgan fingerprint density at radius 1 is 1.26 bits per heavy atom. The fourth-order valence-electron chi connectivity index (χ4n) is 3.60. The number of hydrogen-bond donors (Lipinski definition) is 2. The maximum atomic E-state index is 14.7. The lowest BCUT2D eigenvalue weighted by Crippen LogP contribution is -2.34. The molecule has 12 heteroatoms. The first-order chi connectivity index (χ1) is 16.8. The highest BCUT2D eigenvalue weighted by atomic mass is 32.2. The van der Waals surface area contributed by atoms with Crippen LogP contribution in [0.5, 0.6) is 17.4 Å². The van der Waals surface area contributed by atoms with Crippen molar-refractivity contribution in [2.24, 2.45) is 0 Å². The second-order valence-corrected chi connectivity index (χ2v) is 9.74. The summed E-state index contributed by atoms with van der Waals surface area (Å²) in [7, 11) is -2.55. The number of hydrogen-bond acceptors (Lipinski definition) is 8. The van der Waals surface area contributed by atoms with Crippen LogP contribution in [0.15, 0.2) is 36.7 Å². The lowest BCUT2D eigenvalue weighted by atomic mass is 10.1. The van der Waals surface area contributed by atoms with Crippen molar-refractivity contribution in [3.63, 3.8) is 0 Å². The average Bonchev–Trinajstić information content (AvgIpc) is 2.86. The molecule has 2 heterocycles. The Balaban J connectivity index is 1.68. The number of ether oxygens (including phenoxy) is 2. The van der Waals surface area contributed by atoms with Crippen molar-refractivity contribution >= 4 is 26.8 Å². The topological polar surface area (TPSA) is 129 Å². The van der Waals surface area contributed by atoms with Crippen molar-refractivity contribution in [2.75, 3.05) is 31.4 Å². The van der Waals surface area contributed by atoms with Crippen molar-refractivity contribution < 1.29 is 22.3 Å². The largest absolute Gasteiger partial charge is 0.474 e. The summed E-state index contributed by atoms with van der Waals surface area (Å²) < 4.78 is 54.8. The summed E-state index contributed by atoms with van der Waals surface area (Å²) in [5, 5.41) is 13.6. The predicted molar refractivity (Wildman–Crippen MR) is 128 cm³/mol. The first-order valence-electron chi connectivity index (χ1n) is 11.1. The van der Waals surface area contributed by atoms with Gasteiger partial charge in [-0.25, -0.2) is 14.4 Å². The molecule has 0 spiro atoms. The number of nitrogens with zero attached hydrogens (tertiary/aromatic N) is 4. The maximum absolute atomic E-state index is 14.7. The number of nitrogens with one attached hydrogen (secondary N) is 2. The molecule has 1 fully saturated rings. The number of aromatic nitrogens is 2. The number of piperidine rings is 1. The molecule has 1 aromatic heterocycles. The van der Waals surface area contributed by atoms with Crippen molar-refractivity contribution in [3.8, 4) is 23.4 Å². The monoisotopic (exact) mass is 500 g/mol. The summed E-state index contributed by atoms with van der Waals surface area (Å²) >= 11 is 0. The molecular formula is C23H25FN6O4S. The van der Waals surface area contributed by atoms with Crippen LogP contribution in [0.3, 0.4) is 0 Å². The molecule has 0 radical (unpaired) electrons. The van der Waals surface area contributed by atoms with Gasteiger partial charge >= 0.3 is 10.2 Å². The molecule has 0 bridgehead atoms. The van der Waals surface area contributed by atoms with Gasteiger partial charge < -0.3 is 14.8 Å². The molecule has 2 N–H and O–H groups in total. The molecule has 2 aromatic carbocycles. The number of rotatable bonds is 8. The second kappa shape index (κ2) is 10.4. The minimum Gasteiger partial charge on any atom is -0.474 e. The predicted octanol–water partition coefficient (Wildman–Crippen LogP) is 3.17. The fourth-order valence-corrected chi connectivity index (χ4v) is 4.54. The minimum atomic E-state index is -3.93. The van der Waals surface area contributed by atoms with E-state index in [1.165, 1.54) is 19.4 Å². The molecule has 10 nitrogen and oxygen atoms in total. The lowest BCUT2D eigenvalue weighted by molar-refractivity contribution is 0.158. The van der Waals surface area contributed by atoms with Gasteiger partial charge in [0, 0.05) is 13.6 Å². The summed E-state index contributed by atoms with van der Waals surface area (Å²) in [5.41, 5.74) is 0.235. The summed E-state index contributed by atoms with van der Waals surface area (Å²) in [4.78, 5) is 8.51. The van der Waals surface area contributed by atoms with Gasteiger partial charge in [-0.3, -0.25) is 4.72 Å². The van der Waals surface area contributed by atoms with E-state index in [1.807, 2.05) is 6.07 Å². The van der Waals surface area contributed by atoms with E-state index in [0.717, 1.165) is 36.3 Å². The standard InChI is InChI=1S/C23H25FN6O4S/c1-3-30(2)35(31,32)29-21-7-5-19(24)22(18(21)13-25)33-16-4-6-20-17(12-16)23(28-14-27-20)34-15-8-10-26-11-9-15/h4-7,12,14-15,26,29H,3,8-11H2,1-2H3. The first kappa shape index (κ1) is 24.6. The molecule has 0 aliphatic carbocycles. The normalized spacial score (nSPS) is 14.6. The maximum Gasteiger partial charge on any atom is 0.301 e. The Hall–Kier alpha value is -3.53. The smallest absolute Gasteiger partial charge is 0.301 e. The molecule has 0 amide bonds. The van der Waals surface area contributed by atoms with Crippen LogP contribution in [0.1, 0.15) is 25.3 Å². The summed E-state index contributed by atoms with van der Waals surface area (Å²) in [6, 6.07) is 8.92. The van der Waals surface area contributed by atoms with Crippen molar-refractivity contribution in [1.82, 2.24) is 19.6 Å². The third-order valence-corrected chi connectivity index (χ3v) is 7.23. The van der Waals surface area contributed by atoms with Crippen LogP contribution in [0.25, 0.3) is 10.9 Å². The molecule has 1 aliphatic heterocycles. The van der Waals surface area contributed by atoms with E-state index < -0.39 is 21.8 Å². The molecule has 184 valence electrons. The Kier molecular flexibility index (Phi) is 7.30. The van der Waals surface area contributed by atoms with Gasteiger partial charge in [0.2, 0.25) is 5.88 Å². The van der Waals surface area contributed by atoms with E-state index in [-0.39, 0.29) is 29.6 Å². The van der Waals surface area contributed by atoms with Gasteiger partial charge in [0.05, 0.1) is 16.6 Å². The van der Waals surface area contributed by atoms with Crippen molar-refractivity contribution in [2.45, 2.75) is 25.9 Å². The van der Waals surface area contributed by atoms with Crippen LogP contribution < -0.4 is 19.5 Å². The van der Waals surface area contributed by atoms with Crippen LogP contribution in [-0.4, -0.2) is 55.5 Å². The van der Waals surface area contributed by atoms with Gasteiger partial charge in [0.15, 0.2) is 11.6 Å². The number of halogens is 1. The van der Waals surface area contributed by atoms with E-state index >= 15 is 0 Å². The van der Waals surface area contributed by atoms with Crippen LogP contribution >= 0.6 is 0 Å². The number of fused-ring (bicyclic) bond motifs is 1. The SMILES string of the molecule is CCN(C)S(=O)(=O)Nc1ccc(F)c(Oc2ccc3ncnc(OC4CCNCC4)c3c2)c1C#N. The molecule has 4 rings (SSSR count). The highest BCUT2D eigenvalue weighted by Crippen LogP contribution is 2.35. The molecule has 0 saturated carbocycles. The van der Waals surface area contributed by atoms with E-state index in [4.69, 9.17) is 9.47 Å². The van der Waals surface area contributed by atoms with Crippen LogP contribution in [0.2, 0.25) is 0 Å². The highest BCUT2D eigenvalue weighted by Gasteiger charge is 2.23. The van der Waals surface area contributed by atoms with Gasteiger partial charge in [-0.1, -0.05) is 6.92 Å². The van der Waals surface area contributed by atoms with Crippen LogP contribution in [0.4, 0.5) is 10.1 Å². The third kappa shape index (κ3) is 5.43.